The van der Waals surface area contributed by atoms with Gasteiger partial charge in [0, 0.05) is 12.6 Å². The largest absolute Gasteiger partial charge is 0.444 e. The fourth-order valence-electron chi connectivity index (χ4n) is 2.37. The van der Waals surface area contributed by atoms with Crippen LogP contribution in [0.4, 0.5) is 4.79 Å². The van der Waals surface area contributed by atoms with Gasteiger partial charge < -0.3 is 14.7 Å². The van der Waals surface area contributed by atoms with E-state index in [1.807, 2.05) is 20.8 Å². The highest BCUT2D eigenvalue weighted by atomic mass is 16.6. The standard InChI is InChI=1S/C14H27NO3/c1-11(16)10-15(12-8-6-5-7-9-12)13(17)18-14(2,3)4/h11-12,16H,5-10H2,1-4H3/t11-/m0/s1. The second kappa shape index (κ2) is 6.41. The van der Waals surface area contributed by atoms with Crippen molar-refractivity contribution in [3.63, 3.8) is 0 Å². The third-order valence-corrected chi connectivity index (χ3v) is 3.10. The van der Waals surface area contributed by atoms with Gasteiger partial charge in [-0.15, -0.1) is 0 Å². The van der Waals surface area contributed by atoms with Gasteiger partial charge in [-0.1, -0.05) is 19.3 Å². The van der Waals surface area contributed by atoms with Crippen LogP contribution in [0.1, 0.15) is 59.8 Å². The zero-order valence-corrected chi connectivity index (χ0v) is 12.1. The maximum Gasteiger partial charge on any atom is 0.410 e. The molecule has 0 heterocycles. The molecule has 1 amide bonds. The highest BCUT2D eigenvalue weighted by Crippen LogP contribution is 2.24. The monoisotopic (exact) mass is 257 g/mol. The van der Waals surface area contributed by atoms with Gasteiger partial charge in [-0.05, 0) is 40.5 Å². The van der Waals surface area contributed by atoms with Crippen LogP contribution in [0.15, 0.2) is 0 Å². The molecule has 4 heteroatoms. The highest BCUT2D eigenvalue weighted by Gasteiger charge is 2.29. The number of ether oxygens (including phenoxy) is 1. The number of carbonyl (C=O) groups is 1. The molecule has 0 spiro atoms. The van der Waals surface area contributed by atoms with Crippen molar-refractivity contribution in [2.75, 3.05) is 6.54 Å². The van der Waals surface area contributed by atoms with Crippen molar-refractivity contribution in [3.8, 4) is 0 Å². The van der Waals surface area contributed by atoms with Gasteiger partial charge in [0.2, 0.25) is 0 Å². The lowest BCUT2D eigenvalue weighted by atomic mass is 9.94. The van der Waals surface area contributed by atoms with E-state index < -0.39 is 11.7 Å². The Bertz CT molecular complexity index is 265. The molecule has 1 saturated carbocycles. The molecule has 0 bridgehead atoms. The lowest BCUT2D eigenvalue weighted by Crippen LogP contribution is -2.47. The summed E-state index contributed by atoms with van der Waals surface area (Å²) in [5, 5.41) is 9.55. The van der Waals surface area contributed by atoms with Crippen molar-refractivity contribution >= 4 is 6.09 Å². The van der Waals surface area contributed by atoms with Crippen LogP contribution in [-0.4, -0.2) is 40.4 Å². The molecule has 4 nitrogen and oxygen atoms in total. The van der Waals surface area contributed by atoms with Gasteiger partial charge in [-0.3, -0.25) is 0 Å². The maximum absolute atomic E-state index is 12.2. The summed E-state index contributed by atoms with van der Waals surface area (Å²) in [7, 11) is 0. The van der Waals surface area contributed by atoms with E-state index in [-0.39, 0.29) is 12.1 Å². The molecule has 0 aliphatic heterocycles. The quantitative estimate of drug-likeness (QED) is 0.845. The zero-order valence-electron chi connectivity index (χ0n) is 12.1. The van der Waals surface area contributed by atoms with Crippen LogP contribution >= 0.6 is 0 Å². The molecule has 0 aromatic rings. The van der Waals surface area contributed by atoms with E-state index in [2.05, 4.69) is 0 Å². The van der Waals surface area contributed by atoms with Gasteiger partial charge in [0.25, 0.3) is 0 Å². The molecule has 1 atom stereocenters. The van der Waals surface area contributed by atoms with E-state index in [1.165, 1.54) is 6.42 Å². The number of amides is 1. The van der Waals surface area contributed by atoms with Gasteiger partial charge in [0.15, 0.2) is 0 Å². The third-order valence-electron chi connectivity index (χ3n) is 3.10. The first-order valence-corrected chi connectivity index (χ1v) is 6.97. The Hall–Kier alpha value is -0.770. The molecule has 1 fully saturated rings. The molecule has 1 aliphatic carbocycles. The Balaban J connectivity index is 2.67. The Kier molecular flexibility index (Phi) is 5.45. The van der Waals surface area contributed by atoms with E-state index in [4.69, 9.17) is 4.74 Å². The second-order valence-corrected chi connectivity index (χ2v) is 6.27. The number of hydrogen-bond acceptors (Lipinski definition) is 3. The van der Waals surface area contributed by atoms with Crippen molar-refractivity contribution in [3.05, 3.63) is 0 Å². The van der Waals surface area contributed by atoms with Gasteiger partial charge in [-0.25, -0.2) is 4.79 Å². The number of hydrogen-bond donors (Lipinski definition) is 1. The van der Waals surface area contributed by atoms with E-state index in [0.717, 1.165) is 25.7 Å². The molecule has 0 radical (unpaired) electrons. The average Bonchev–Trinajstić information content (AvgIpc) is 2.24. The number of aliphatic hydroxyl groups is 1. The summed E-state index contributed by atoms with van der Waals surface area (Å²) in [6.45, 7) is 7.67. The Morgan fingerprint density at radius 3 is 2.33 bits per heavy atom. The first-order chi connectivity index (χ1) is 8.29. The van der Waals surface area contributed by atoms with E-state index in [9.17, 15) is 9.90 Å². The number of aliphatic hydroxyl groups excluding tert-OH is 1. The normalized spacial score (nSPS) is 19.4. The number of carbonyl (C=O) groups excluding carboxylic acids is 1. The van der Waals surface area contributed by atoms with Crippen molar-refractivity contribution in [2.24, 2.45) is 0 Å². The zero-order chi connectivity index (χ0) is 13.8. The maximum atomic E-state index is 12.2. The molecule has 0 saturated heterocycles. The van der Waals surface area contributed by atoms with Gasteiger partial charge in [-0.2, -0.15) is 0 Å². The van der Waals surface area contributed by atoms with Crippen LogP contribution in [0.5, 0.6) is 0 Å². The van der Waals surface area contributed by atoms with E-state index >= 15 is 0 Å². The molecule has 1 N–H and O–H groups in total. The van der Waals surface area contributed by atoms with E-state index in [0.29, 0.717) is 6.54 Å². The Morgan fingerprint density at radius 2 is 1.89 bits per heavy atom. The molecule has 0 unspecified atom stereocenters. The summed E-state index contributed by atoms with van der Waals surface area (Å²) in [4.78, 5) is 13.9. The average molecular weight is 257 g/mol. The topological polar surface area (TPSA) is 49.8 Å². The van der Waals surface area contributed by atoms with Crippen molar-refractivity contribution in [1.29, 1.82) is 0 Å². The summed E-state index contributed by atoms with van der Waals surface area (Å²) < 4.78 is 5.43. The smallest absolute Gasteiger partial charge is 0.410 e. The number of nitrogens with zero attached hydrogens (tertiary/aromatic N) is 1. The van der Waals surface area contributed by atoms with Crippen molar-refractivity contribution in [1.82, 2.24) is 4.90 Å². The minimum atomic E-state index is -0.514. The fraction of sp³-hybridized carbons (Fsp3) is 0.929. The van der Waals surface area contributed by atoms with E-state index in [1.54, 1.807) is 11.8 Å². The molecular weight excluding hydrogens is 230 g/mol. The van der Waals surface area contributed by atoms with Crippen molar-refractivity contribution < 1.29 is 14.6 Å². The molecule has 0 aromatic carbocycles. The summed E-state index contributed by atoms with van der Waals surface area (Å²) in [6, 6.07) is 0.225. The van der Waals surface area contributed by atoms with Crippen LogP contribution in [-0.2, 0) is 4.74 Å². The SMILES string of the molecule is C[C@H](O)CN(C(=O)OC(C)(C)C)C1CCCCC1. The predicted molar refractivity (Wildman–Crippen MR) is 71.5 cm³/mol. The molecule has 106 valence electrons. The third kappa shape index (κ3) is 5.25. The van der Waals surface area contributed by atoms with Gasteiger partial charge >= 0.3 is 6.09 Å². The highest BCUT2D eigenvalue weighted by molar-refractivity contribution is 5.68. The minimum Gasteiger partial charge on any atom is -0.444 e. The lowest BCUT2D eigenvalue weighted by Gasteiger charge is -2.36. The van der Waals surface area contributed by atoms with Crippen LogP contribution < -0.4 is 0 Å². The first-order valence-electron chi connectivity index (χ1n) is 6.97. The summed E-state index contributed by atoms with van der Waals surface area (Å²) in [5.41, 5.74) is -0.483. The second-order valence-electron chi connectivity index (χ2n) is 6.27. The molecular formula is C14H27NO3. The first kappa shape index (κ1) is 15.3. The van der Waals surface area contributed by atoms with Crippen molar-refractivity contribution in [2.45, 2.75) is 77.5 Å². The van der Waals surface area contributed by atoms with Gasteiger partial charge in [0.05, 0.1) is 6.10 Å². The lowest BCUT2D eigenvalue weighted by molar-refractivity contribution is 0.00128. The minimum absolute atomic E-state index is 0.225. The predicted octanol–water partition coefficient (Wildman–Crippen LogP) is 2.94. The molecule has 0 aromatic heterocycles. The van der Waals surface area contributed by atoms with Crippen LogP contribution in [0, 0.1) is 0 Å². The molecule has 1 aliphatic rings. The fourth-order valence-corrected chi connectivity index (χ4v) is 2.37. The molecule has 18 heavy (non-hydrogen) atoms. The summed E-state index contributed by atoms with van der Waals surface area (Å²) >= 11 is 0. The Morgan fingerprint density at radius 1 is 1.33 bits per heavy atom. The summed E-state index contributed by atoms with van der Waals surface area (Å²) in [5.74, 6) is 0. The molecule has 1 rings (SSSR count). The number of rotatable bonds is 3. The van der Waals surface area contributed by atoms with Gasteiger partial charge in [0.1, 0.15) is 5.60 Å². The van der Waals surface area contributed by atoms with Crippen LogP contribution in [0.3, 0.4) is 0 Å². The van der Waals surface area contributed by atoms with Crippen LogP contribution in [0.25, 0.3) is 0 Å². The summed E-state index contributed by atoms with van der Waals surface area (Å²) in [6.07, 6.45) is 4.79. The Labute approximate surface area is 110 Å². The van der Waals surface area contributed by atoms with Crippen LogP contribution in [0.2, 0.25) is 0 Å².